The number of aromatic nitrogens is 2. The standard InChI is InChI=1S/C25H25N5O4/c31-22-13-30(8-5-26-22)16-3-6-29(7-4-16)21-11-15-10-20-23(24(32)18(15)12-27-21)17-2-1-14(25(33)34)9-19(17)28-20/h1-2,9,11-12,16,28H,3-8,10,13H2,(H,26,31)(H,33,34). The van der Waals surface area contributed by atoms with Crippen LogP contribution in [0.4, 0.5) is 5.82 Å². The second-order valence-corrected chi connectivity index (χ2v) is 9.29. The summed E-state index contributed by atoms with van der Waals surface area (Å²) in [5, 5.41) is 12.9. The van der Waals surface area contributed by atoms with Crippen molar-refractivity contribution in [2.45, 2.75) is 25.3 Å². The number of aromatic carboxylic acids is 1. The lowest BCUT2D eigenvalue weighted by atomic mass is 9.88. The van der Waals surface area contributed by atoms with E-state index in [4.69, 9.17) is 0 Å². The SMILES string of the molecule is O=C1CN(C2CCN(c3cc4c(cn3)C(=O)c3c([nH]c5cc(C(=O)O)ccc35)C4)CC2)CCN1. The first-order chi connectivity index (χ1) is 16.5. The van der Waals surface area contributed by atoms with Gasteiger partial charge in [0.25, 0.3) is 0 Å². The second kappa shape index (κ2) is 7.95. The molecule has 3 aliphatic rings. The van der Waals surface area contributed by atoms with Crippen molar-refractivity contribution in [2.24, 2.45) is 0 Å². The van der Waals surface area contributed by atoms with E-state index in [2.05, 4.69) is 25.1 Å². The van der Waals surface area contributed by atoms with Crippen LogP contribution in [0.15, 0.2) is 30.5 Å². The summed E-state index contributed by atoms with van der Waals surface area (Å²) >= 11 is 0. The summed E-state index contributed by atoms with van der Waals surface area (Å²) in [6.45, 7) is 3.81. The number of benzene rings is 1. The molecule has 3 N–H and O–H groups in total. The minimum Gasteiger partial charge on any atom is -0.478 e. The number of carbonyl (C=O) groups excluding carboxylic acids is 2. The van der Waals surface area contributed by atoms with Crippen LogP contribution in [0, 0.1) is 0 Å². The Bertz CT molecular complexity index is 1340. The first kappa shape index (κ1) is 20.9. The maximum atomic E-state index is 13.3. The highest BCUT2D eigenvalue weighted by Gasteiger charge is 2.31. The molecule has 9 nitrogen and oxygen atoms in total. The van der Waals surface area contributed by atoms with Crippen LogP contribution in [0.5, 0.6) is 0 Å². The van der Waals surface area contributed by atoms with Crippen molar-refractivity contribution in [3.63, 3.8) is 0 Å². The van der Waals surface area contributed by atoms with Gasteiger partial charge in [-0.1, -0.05) is 6.07 Å². The Morgan fingerprint density at radius 1 is 1.12 bits per heavy atom. The van der Waals surface area contributed by atoms with Gasteiger partial charge in [-0.15, -0.1) is 0 Å². The first-order valence-electron chi connectivity index (χ1n) is 11.6. The molecule has 9 heteroatoms. The fraction of sp³-hybridized carbons (Fsp3) is 0.360. The third kappa shape index (κ3) is 3.43. The number of hydrogen-bond donors (Lipinski definition) is 3. The predicted molar refractivity (Wildman–Crippen MR) is 126 cm³/mol. The van der Waals surface area contributed by atoms with Gasteiger partial charge in [-0.3, -0.25) is 14.5 Å². The van der Waals surface area contributed by atoms with Gasteiger partial charge in [0, 0.05) is 67.0 Å². The lowest BCUT2D eigenvalue weighted by Gasteiger charge is -2.40. The molecule has 0 spiro atoms. The number of carboxylic acids is 1. The second-order valence-electron chi connectivity index (χ2n) is 9.29. The summed E-state index contributed by atoms with van der Waals surface area (Å²) in [6, 6.07) is 7.23. The number of hydrogen-bond acceptors (Lipinski definition) is 6. The quantitative estimate of drug-likeness (QED) is 0.427. The van der Waals surface area contributed by atoms with Gasteiger partial charge in [0.2, 0.25) is 5.91 Å². The predicted octanol–water partition coefficient (Wildman–Crippen LogP) is 1.80. The van der Waals surface area contributed by atoms with Crippen molar-refractivity contribution in [2.75, 3.05) is 37.6 Å². The van der Waals surface area contributed by atoms with Crippen LogP contribution in [0.2, 0.25) is 0 Å². The van der Waals surface area contributed by atoms with Crippen LogP contribution in [0.1, 0.15) is 50.4 Å². The molecule has 4 heterocycles. The Hall–Kier alpha value is -3.72. The number of ketones is 1. The van der Waals surface area contributed by atoms with E-state index in [-0.39, 0.29) is 17.3 Å². The Labute approximate surface area is 195 Å². The summed E-state index contributed by atoms with van der Waals surface area (Å²) in [5.41, 5.74) is 3.81. The number of aromatic amines is 1. The molecule has 2 aliphatic heterocycles. The Balaban J connectivity index is 1.22. The molecule has 2 saturated heterocycles. The van der Waals surface area contributed by atoms with Gasteiger partial charge >= 0.3 is 5.97 Å². The Kier molecular flexibility index (Phi) is 4.88. The summed E-state index contributed by atoms with van der Waals surface area (Å²) in [5.74, 6) is -0.101. The summed E-state index contributed by atoms with van der Waals surface area (Å²) in [7, 11) is 0. The zero-order valence-electron chi connectivity index (χ0n) is 18.6. The van der Waals surface area contributed by atoms with E-state index in [0.717, 1.165) is 54.9 Å². The number of carbonyl (C=O) groups is 3. The average molecular weight is 460 g/mol. The summed E-state index contributed by atoms with van der Waals surface area (Å²) in [4.78, 5) is 48.8. The highest BCUT2D eigenvalue weighted by atomic mass is 16.4. The maximum absolute atomic E-state index is 13.3. The lowest BCUT2D eigenvalue weighted by molar-refractivity contribution is -0.125. The molecule has 2 fully saturated rings. The molecule has 1 amide bonds. The van der Waals surface area contributed by atoms with Gasteiger partial charge in [0.05, 0.1) is 17.7 Å². The molecule has 34 heavy (non-hydrogen) atoms. The number of H-pyrrole nitrogens is 1. The third-order valence-corrected chi connectivity index (χ3v) is 7.31. The van der Waals surface area contributed by atoms with Crippen molar-refractivity contribution in [3.8, 4) is 0 Å². The van der Waals surface area contributed by atoms with Crippen molar-refractivity contribution in [3.05, 3.63) is 58.4 Å². The van der Waals surface area contributed by atoms with Crippen LogP contribution < -0.4 is 10.2 Å². The van der Waals surface area contributed by atoms with E-state index in [9.17, 15) is 19.5 Å². The molecule has 1 aromatic carbocycles. The Morgan fingerprint density at radius 2 is 1.94 bits per heavy atom. The van der Waals surface area contributed by atoms with E-state index in [1.165, 1.54) is 6.07 Å². The molecule has 6 rings (SSSR count). The van der Waals surface area contributed by atoms with E-state index in [1.54, 1.807) is 18.3 Å². The van der Waals surface area contributed by atoms with Crippen molar-refractivity contribution >= 4 is 34.4 Å². The zero-order chi connectivity index (χ0) is 23.4. The monoisotopic (exact) mass is 459 g/mol. The summed E-state index contributed by atoms with van der Waals surface area (Å²) < 4.78 is 0. The number of nitrogens with zero attached hydrogens (tertiary/aromatic N) is 3. The number of piperidine rings is 1. The molecular formula is C25H25N5O4. The normalized spacial score (nSPS) is 19.1. The molecule has 0 atom stereocenters. The largest absolute Gasteiger partial charge is 0.478 e. The number of nitrogens with one attached hydrogen (secondary N) is 2. The number of anilines is 1. The number of carboxylic acid groups (broad SMARTS) is 1. The van der Waals surface area contributed by atoms with Crippen molar-refractivity contribution < 1.29 is 19.5 Å². The molecule has 1 aliphatic carbocycles. The Morgan fingerprint density at radius 3 is 2.71 bits per heavy atom. The minimum absolute atomic E-state index is 0.0771. The summed E-state index contributed by atoms with van der Waals surface area (Å²) in [6.07, 6.45) is 4.20. The molecule has 0 bridgehead atoms. The third-order valence-electron chi connectivity index (χ3n) is 7.31. The average Bonchev–Trinajstić information content (AvgIpc) is 3.21. The van der Waals surface area contributed by atoms with Crippen LogP contribution in [-0.4, -0.2) is 76.4 Å². The molecule has 0 radical (unpaired) electrons. The van der Waals surface area contributed by atoms with E-state index < -0.39 is 5.97 Å². The van der Waals surface area contributed by atoms with Crippen LogP contribution in [0.3, 0.4) is 0 Å². The number of piperazine rings is 1. The van der Waals surface area contributed by atoms with E-state index >= 15 is 0 Å². The van der Waals surface area contributed by atoms with Crippen molar-refractivity contribution in [1.82, 2.24) is 20.2 Å². The first-order valence-corrected chi connectivity index (χ1v) is 11.6. The molecule has 174 valence electrons. The van der Waals surface area contributed by atoms with Gasteiger partial charge in [0.1, 0.15) is 5.82 Å². The van der Waals surface area contributed by atoms with Gasteiger partial charge in [0.15, 0.2) is 5.78 Å². The van der Waals surface area contributed by atoms with Crippen LogP contribution in [-0.2, 0) is 11.2 Å². The number of amides is 1. The minimum atomic E-state index is -0.995. The molecule has 0 unspecified atom stereocenters. The van der Waals surface area contributed by atoms with E-state index in [0.29, 0.717) is 42.2 Å². The number of pyridine rings is 1. The fourth-order valence-electron chi connectivity index (χ4n) is 5.54. The molecule has 2 aromatic heterocycles. The van der Waals surface area contributed by atoms with Gasteiger partial charge in [-0.2, -0.15) is 0 Å². The lowest BCUT2D eigenvalue weighted by Crippen LogP contribution is -2.54. The van der Waals surface area contributed by atoms with Crippen LogP contribution in [0.25, 0.3) is 10.9 Å². The number of rotatable bonds is 3. The molecule has 3 aromatic rings. The van der Waals surface area contributed by atoms with Gasteiger partial charge < -0.3 is 20.3 Å². The molecule has 0 saturated carbocycles. The fourth-order valence-corrected chi connectivity index (χ4v) is 5.54. The zero-order valence-corrected chi connectivity index (χ0v) is 18.6. The van der Waals surface area contributed by atoms with E-state index in [1.807, 2.05) is 6.07 Å². The van der Waals surface area contributed by atoms with Crippen LogP contribution >= 0.6 is 0 Å². The van der Waals surface area contributed by atoms with Gasteiger partial charge in [-0.25, -0.2) is 9.78 Å². The smallest absolute Gasteiger partial charge is 0.335 e. The maximum Gasteiger partial charge on any atom is 0.335 e. The topological polar surface area (TPSA) is 119 Å². The highest BCUT2D eigenvalue weighted by Crippen LogP contribution is 2.34. The van der Waals surface area contributed by atoms with Gasteiger partial charge in [-0.05, 0) is 36.6 Å². The highest BCUT2D eigenvalue weighted by molar-refractivity contribution is 6.19. The number of fused-ring (bicyclic) bond motifs is 4. The molecular weight excluding hydrogens is 434 g/mol. The van der Waals surface area contributed by atoms with Crippen molar-refractivity contribution in [1.29, 1.82) is 0 Å².